The molecule has 0 aliphatic heterocycles. The third-order valence-corrected chi connectivity index (χ3v) is 4.18. The minimum absolute atomic E-state index is 0.195. The highest BCUT2D eigenvalue weighted by molar-refractivity contribution is 7.09. The van der Waals surface area contributed by atoms with E-state index in [0.717, 1.165) is 16.3 Å². The number of aryl methyl sites for hydroxylation is 1. The molecule has 0 fully saturated rings. The van der Waals surface area contributed by atoms with Gasteiger partial charge in [-0.15, -0.1) is 11.3 Å². The Labute approximate surface area is 137 Å². The number of carbonyl (C=O) groups is 1. The molecule has 0 saturated carbocycles. The SMILES string of the molecule is Cc1nc(/C=C/C(=O)NC(C)c2ccc(Cl)cc2Cl)cs1. The zero-order valence-electron chi connectivity index (χ0n) is 11.6. The minimum Gasteiger partial charge on any atom is -0.346 e. The van der Waals surface area contributed by atoms with Gasteiger partial charge in [0.25, 0.3) is 0 Å². The van der Waals surface area contributed by atoms with Crippen molar-refractivity contribution in [2.75, 3.05) is 0 Å². The number of halogens is 2. The highest BCUT2D eigenvalue weighted by Crippen LogP contribution is 2.26. The molecule has 21 heavy (non-hydrogen) atoms. The number of benzene rings is 1. The average molecular weight is 341 g/mol. The number of carbonyl (C=O) groups excluding carboxylic acids is 1. The van der Waals surface area contributed by atoms with Crippen molar-refractivity contribution in [2.45, 2.75) is 19.9 Å². The van der Waals surface area contributed by atoms with Gasteiger partial charge in [0.05, 0.1) is 16.7 Å². The predicted molar refractivity (Wildman–Crippen MR) is 88.9 cm³/mol. The summed E-state index contributed by atoms with van der Waals surface area (Å²) in [7, 11) is 0. The zero-order chi connectivity index (χ0) is 15.4. The Morgan fingerprint density at radius 3 is 2.81 bits per heavy atom. The third-order valence-electron chi connectivity index (χ3n) is 2.83. The molecular formula is C15H14Cl2N2OS. The van der Waals surface area contributed by atoms with Gasteiger partial charge in [-0.1, -0.05) is 29.3 Å². The van der Waals surface area contributed by atoms with Crippen LogP contribution in [0.25, 0.3) is 6.08 Å². The van der Waals surface area contributed by atoms with Crippen LogP contribution >= 0.6 is 34.5 Å². The smallest absolute Gasteiger partial charge is 0.244 e. The second-order valence-electron chi connectivity index (χ2n) is 4.52. The van der Waals surface area contributed by atoms with Gasteiger partial charge in [-0.3, -0.25) is 4.79 Å². The molecule has 1 N–H and O–H groups in total. The van der Waals surface area contributed by atoms with Gasteiger partial charge < -0.3 is 5.32 Å². The van der Waals surface area contributed by atoms with Gasteiger partial charge in [0.2, 0.25) is 5.91 Å². The van der Waals surface area contributed by atoms with Gasteiger partial charge in [0.1, 0.15) is 0 Å². The summed E-state index contributed by atoms with van der Waals surface area (Å²) in [6.45, 7) is 3.79. The van der Waals surface area contributed by atoms with Crippen molar-refractivity contribution < 1.29 is 4.79 Å². The Balaban J connectivity index is 2.00. The average Bonchev–Trinajstić information content (AvgIpc) is 2.82. The standard InChI is InChI=1S/C15H14Cl2N2OS/c1-9(13-5-3-11(16)7-14(13)17)18-15(20)6-4-12-8-21-10(2)19-12/h3-9H,1-2H3,(H,18,20)/b6-4+. The van der Waals surface area contributed by atoms with Gasteiger partial charge in [-0.05, 0) is 37.6 Å². The van der Waals surface area contributed by atoms with E-state index >= 15 is 0 Å². The van der Waals surface area contributed by atoms with Crippen molar-refractivity contribution in [3.63, 3.8) is 0 Å². The molecule has 1 amide bonds. The van der Waals surface area contributed by atoms with Crippen LogP contribution in [0, 0.1) is 6.92 Å². The molecule has 0 radical (unpaired) electrons. The molecule has 6 heteroatoms. The minimum atomic E-state index is -0.205. The lowest BCUT2D eigenvalue weighted by atomic mass is 10.1. The summed E-state index contributed by atoms with van der Waals surface area (Å²) in [5, 5.41) is 6.83. The quantitative estimate of drug-likeness (QED) is 0.823. The zero-order valence-corrected chi connectivity index (χ0v) is 13.9. The van der Waals surface area contributed by atoms with Crippen LogP contribution in [0.1, 0.15) is 29.2 Å². The summed E-state index contributed by atoms with van der Waals surface area (Å²) in [5.41, 5.74) is 1.61. The second kappa shape index (κ2) is 7.07. The van der Waals surface area contributed by atoms with E-state index in [1.807, 2.05) is 25.3 Å². The molecule has 1 heterocycles. The van der Waals surface area contributed by atoms with E-state index in [4.69, 9.17) is 23.2 Å². The summed E-state index contributed by atoms with van der Waals surface area (Å²) in [6, 6.07) is 5.02. The molecule has 2 aromatic rings. The van der Waals surface area contributed by atoms with Crippen LogP contribution in [0.2, 0.25) is 10.0 Å². The predicted octanol–water partition coefficient (Wildman–Crippen LogP) is 4.65. The van der Waals surface area contributed by atoms with E-state index in [2.05, 4.69) is 10.3 Å². The number of thiazole rings is 1. The molecule has 0 spiro atoms. The Morgan fingerprint density at radius 2 is 2.19 bits per heavy atom. The van der Waals surface area contributed by atoms with E-state index in [1.54, 1.807) is 29.5 Å². The molecule has 0 aliphatic carbocycles. The summed E-state index contributed by atoms with van der Waals surface area (Å²) in [5.74, 6) is -0.195. The molecule has 0 saturated heterocycles. The van der Waals surface area contributed by atoms with Crippen LogP contribution in [-0.4, -0.2) is 10.9 Å². The first kappa shape index (κ1) is 16.0. The van der Waals surface area contributed by atoms with Crippen LogP contribution in [0.15, 0.2) is 29.7 Å². The normalized spacial score (nSPS) is 12.6. The Morgan fingerprint density at radius 1 is 1.43 bits per heavy atom. The van der Waals surface area contributed by atoms with Gasteiger partial charge in [-0.2, -0.15) is 0 Å². The highest BCUT2D eigenvalue weighted by atomic mass is 35.5. The van der Waals surface area contributed by atoms with Crippen molar-refractivity contribution in [2.24, 2.45) is 0 Å². The molecule has 1 unspecified atom stereocenters. The fourth-order valence-corrected chi connectivity index (χ4v) is 2.96. The number of nitrogens with zero attached hydrogens (tertiary/aromatic N) is 1. The number of aromatic nitrogens is 1. The van der Waals surface area contributed by atoms with Gasteiger partial charge in [-0.25, -0.2) is 4.98 Å². The van der Waals surface area contributed by atoms with Gasteiger partial charge in [0.15, 0.2) is 0 Å². The first-order valence-corrected chi connectivity index (χ1v) is 7.95. The Hall–Kier alpha value is -1.36. The molecule has 1 aromatic heterocycles. The molecule has 110 valence electrons. The lowest BCUT2D eigenvalue weighted by molar-refractivity contribution is -0.117. The summed E-state index contributed by atoms with van der Waals surface area (Å²) < 4.78 is 0. The molecule has 3 nitrogen and oxygen atoms in total. The number of nitrogens with one attached hydrogen (secondary N) is 1. The maximum Gasteiger partial charge on any atom is 0.244 e. The van der Waals surface area contributed by atoms with Crippen LogP contribution < -0.4 is 5.32 Å². The van der Waals surface area contributed by atoms with Gasteiger partial charge in [0, 0.05) is 21.5 Å². The summed E-state index contributed by atoms with van der Waals surface area (Å²) >= 11 is 13.5. The number of amides is 1. The topological polar surface area (TPSA) is 42.0 Å². The first-order chi connectivity index (χ1) is 9.95. The summed E-state index contributed by atoms with van der Waals surface area (Å²) in [4.78, 5) is 16.2. The van der Waals surface area contributed by atoms with E-state index in [-0.39, 0.29) is 11.9 Å². The summed E-state index contributed by atoms with van der Waals surface area (Å²) in [6.07, 6.45) is 3.16. The molecule has 1 atom stereocenters. The Kier molecular flexibility index (Phi) is 5.39. The third kappa shape index (κ3) is 4.56. The largest absolute Gasteiger partial charge is 0.346 e. The molecule has 2 rings (SSSR count). The number of hydrogen-bond donors (Lipinski definition) is 1. The van der Waals surface area contributed by atoms with Crippen LogP contribution in [-0.2, 0) is 4.79 Å². The van der Waals surface area contributed by atoms with Crippen molar-refractivity contribution in [1.29, 1.82) is 0 Å². The first-order valence-electron chi connectivity index (χ1n) is 6.31. The number of rotatable bonds is 4. The van der Waals surface area contributed by atoms with E-state index in [1.165, 1.54) is 6.08 Å². The molecular weight excluding hydrogens is 327 g/mol. The second-order valence-corrected chi connectivity index (χ2v) is 6.43. The van der Waals surface area contributed by atoms with Crippen LogP contribution in [0.3, 0.4) is 0 Å². The van der Waals surface area contributed by atoms with Crippen LogP contribution in [0.5, 0.6) is 0 Å². The lowest BCUT2D eigenvalue weighted by Gasteiger charge is -2.14. The van der Waals surface area contributed by atoms with Crippen molar-refractivity contribution in [3.8, 4) is 0 Å². The number of hydrogen-bond acceptors (Lipinski definition) is 3. The maximum absolute atomic E-state index is 11.9. The van der Waals surface area contributed by atoms with E-state index in [0.29, 0.717) is 10.0 Å². The van der Waals surface area contributed by atoms with Crippen molar-refractivity contribution >= 4 is 46.5 Å². The fourth-order valence-electron chi connectivity index (χ4n) is 1.81. The van der Waals surface area contributed by atoms with E-state index < -0.39 is 0 Å². The fraction of sp³-hybridized carbons (Fsp3) is 0.200. The van der Waals surface area contributed by atoms with Crippen LogP contribution in [0.4, 0.5) is 0 Å². The van der Waals surface area contributed by atoms with Crippen molar-refractivity contribution in [3.05, 3.63) is 56.0 Å². The Bertz CT molecular complexity index is 682. The van der Waals surface area contributed by atoms with Crippen molar-refractivity contribution in [1.82, 2.24) is 10.3 Å². The molecule has 1 aromatic carbocycles. The molecule has 0 aliphatic rings. The van der Waals surface area contributed by atoms with E-state index in [9.17, 15) is 4.79 Å². The lowest BCUT2D eigenvalue weighted by Crippen LogP contribution is -2.24. The maximum atomic E-state index is 11.9. The highest BCUT2D eigenvalue weighted by Gasteiger charge is 2.11. The van der Waals surface area contributed by atoms with Gasteiger partial charge >= 0.3 is 0 Å². The molecule has 0 bridgehead atoms. The monoisotopic (exact) mass is 340 g/mol.